The van der Waals surface area contributed by atoms with Gasteiger partial charge in [-0.25, -0.2) is 0 Å². The fourth-order valence-corrected chi connectivity index (χ4v) is 2.21. The van der Waals surface area contributed by atoms with Crippen molar-refractivity contribution in [1.29, 1.82) is 0 Å². The van der Waals surface area contributed by atoms with Crippen molar-refractivity contribution in [3.05, 3.63) is 63.4 Å². The van der Waals surface area contributed by atoms with E-state index in [1.807, 2.05) is 12.4 Å². The zero-order chi connectivity index (χ0) is 13.0. The molecule has 0 aliphatic carbocycles. The zero-order valence-corrected chi connectivity index (χ0v) is 12.3. The Morgan fingerprint density at radius 3 is 2.67 bits per heavy atom. The van der Waals surface area contributed by atoms with Gasteiger partial charge < -0.3 is 5.32 Å². The van der Waals surface area contributed by atoms with E-state index in [4.69, 9.17) is 0 Å². The van der Waals surface area contributed by atoms with Crippen LogP contribution in [0.3, 0.4) is 0 Å². The lowest BCUT2D eigenvalue weighted by Gasteiger charge is -2.08. The Kier molecular flexibility index (Phi) is 4.50. The number of nitrogens with one attached hydrogen (secondary N) is 1. The molecule has 2 aromatic rings. The molecule has 0 bridgehead atoms. The number of nitrogens with zero attached hydrogens (tertiary/aromatic N) is 1. The summed E-state index contributed by atoms with van der Waals surface area (Å²) < 4.78 is 1.17. The van der Waals surface area contributed by atoms with Crippen LogP contribution in [0.1, 0.15) is 22.3 Å². The fraction of sp³-hybridized carbons (Fsp3) is 0.267. The van der Waals surface area contributed by atoms with Crippen molar-refractivity contribution in [2.24, 2.45) is 0 Å². The third-order valence-corrected chi connectivity index (χ3v) is 3.87. The van der Waals surface area contributed by atoms with Gasteiger partial charge in [0, 0.05) is 30.0 Å². The lowest BCUT2D eigenvalue weighted by Crippen LogP contribution is -2.13. The summed E-state index contributed by atoms with van der Waals surface area (Å²) in [6, 6.07) is 8.53. The molecule has 0 atom stereocenters. The summed E-state index contributed by atoms with van der Waals surface area (Å²) in [5.41, 5.74) is 5.09. The quantitative estimate of drug-likeness (QED) is 0.930. The number of benzene rings is 1. The molecular weight excluding hydrogens is 288 g/mol. The van der Waals surface area contributed by atoms with Crippen molar-refractivity contribution in [2.75, 3.05) is 0 Å². The van der Waals surface area contributed by atoms with Gasteiger partial charge in [0.25, 0.3) is 0 Å². The van der Waals surface area contributed by atoms with Crippen molar-refractivity contribution in [2.45, 2.75) is 26.9 Å². The highest BCUT2D eigenvalue weighted by Gasteiger charge is 1.99. The first-order chi connectivity index (χ1) is 8.66. The Morgan fingerprint density at radius 1 is 1.11 bits per heavy atom. The third kappa shape index (κ3) is 3.40. The van der Waals surface area contributed by atoms with Crippen molar-refractivity contribution in [3.63, 3.8) is 0 Å². The second kappa shape index (κ2) is 6.12. The Labute approximate surface area is 117 Å². The second-order valence-corrected chi connectivity index (χ2v) is 5.34. The molecule has 2 rings (SSSR count). The van der Waals surface area contributed by atoms with E-state index >= 15 is 0 Å². The van der Waals surface area contributed by atoms with Crippen LogP contribution in [-0.4, -0.2) is 4.98 Å². The molecule has 3 heteroatoms. The van der Waals surface area contributed by atoms with E-state index in [0.29, 0.717) is 0 Å². The topological polar surface area (TPSA) is 24.9 Å². The van der Waals surface area contributed by atoms with Crippen molar-refractivity contribution >= 4 is 15.9 Å². The molecule has 0 saturated carbocycles. The summed E-state index contributed by atoms with van der Waals surface area (Å²) in [7, 11) is 0. The predicted octanol–water partition coefficient (Wildman–Crippen LogP) is 3.75. The maximum atomic E-state index is 4.10. The van der Waals surface area contributed by atoms with Gasteiger partial charge in [-0.3, -0.25) is 4.98 Å². The average Bonchev–Trinajstić information content (AvgIpc) is 2.36. The van der Waals surface area contributed by atoms with E-state index in [1.165, 1.54) is 26.7 Å². The van der Waals surface area contributed by atoms with Crippen LogP contribution in [0, 0.1) is 13.8 Å². The van der Waals surface area contributed by atoms with Gasteiger partial charge in [0.15, 0.2) is 0 Å². The molecule has 0 aliphatic rings. The summed E-state index contributed by atoms with van der Waals surface area (Å²) in [6.45, 7) is 5.94. The van der Waals surface area contributed by atoms with E-state index in [-0.39, 0.29) is 0 Å². The first-order valence-corrected chi connectivity index (χ1v) is 6.81. The van der Waals surface area contributed by atoms with Crippen LogP contribution >= 0.6 is 15.9 Å². The molecule has 0 aliphatic heterocycles. The van der Waals surface area contributed by atoms with Gasteiger partial charge in [-0.1, -0.05) is 28.1 Å². The minimum absolute atomic E-state index is 0.875. The molecule has 18 heavy (non-hydrogen) atoms. The minimum atomic E-state index is 0.875. The SMILES string of the molecule is Cc1ccc(CNCc2ccncc2C)cc1Br. The van der Waals surface area contributed by atoms with Crippen LogP contribution < -0.4 is 5.32 Å². The summed E-state index contributed by atoms with van der Waals surface area (Å²) in [5.74, 6) is 0. The molecular formula is C15H17BrN2. The number of hydrogen-bond donors (Lipinski definition) is 1. The highest BCUT2D eigenvalue weighted by Crippen LogP contribution is 2.17. The lowest BCUT2D eigenvalue weighted by atomic mass is 10.1. The summed E-state index contributed by atoms with van der Waals surface area (Å²) in [4.78, 5) is 4.10. The molecule has 0 saturated heterocycles. The standard InChI is InChI=1S/C15H17BrN2/c1-11-3-4-13(7-15(11)16)9-18-10-14-5-6-17-8-12(14)2/h3-8,18H,9-10H2,1-2H3. The van der Waals surface area contributed by atoms with Crippen molar-refractivity contribution in [1.82, 2.24) is 10.3 Å². The molecule has 0 radical (unpaired) electrons. The number of pyridine rings is 1. The number of halogens is 1. The van der Waals surface area contributed by atoms with Crippen molar-refractivity contribution < 1.29 is 0 Å². The molecule has 1 aromatic carbocycles. The van der Waals surface area contributed by atoms with Gasteiger partial charge in [-0.2, -0.15) is 0 Å². The predicted molar refractivity (Wildman–Crippen MR) is 78.4 cm³/mol. The molecule has 94 valence electrons. The molecule has 1 heterocycles. The van der Waals surface area contributed by atoms with E-state index in [9.17, 15) is 0 Å². The lowest BCUT2D eigenvalue weighted by molar-refractivity contribution is 0.689. The Bertz CT molecular complexity index is 538. The molecule has 1 N–H and O–H groups in total. The van der Waals surface area contributed by atoms with Crippen LogP contribution in [-0.2, 0) is 13.1 Å². The maximum absolute atomic E-state index is 4.10. The van der Waals surface area contributed by atoms with E-state index < -0.39 is 0 Å². The monoisotopic (exact) mass is 304 g/mol. The minimum Gasteiger partial charge on any atom is -0.309 e. The summed E-state index contributed by atoms with van der Waals surface area (Å²) in [5, 5.41) is 3.46. The first kappa shape index (κ1) is 13.2. The molecule has 0 amide bonds. The molecule has 2 nitrogen and oxygen atoms in total. The van der Waals surface area contributed by atoms with E-state index in [1.54, 1.807) is 0 Å². The third-order valence-electron chi connectivity index (χ3n) is 3.02. The fourth-order valence-electron chi connectivity index (χ4n) is 1.79. The van der Waals surface area contributed by atoms with Gasteiger partial charge >= 0.3 is 0 Å². The highest BCUT2D eigenvalue weighted by molar-refractivity contribution is 9.10. The average molecular weight is 305 g/mol. The largest absolute Gasteiger partial charge is 0.309 e. The van der Waals surface area contributed by atoms with Gasteiger partial charge in [-0.15, -0.1) is 0 Å². The van der Waals surface area contributed by atoms with Crippen LogP contribution in [0.25, 0.3) is 0 Å². The molecule has 0 unspecified atom stereocenters. The van der Waals surface area contributed by atoms with Gasteiger partial charge in [0.05, 0.1) is 0 Å². The van der Waals surface area contributed by atoms with Gasteiger partial charge in [0.2, 0.25) is 0 Å². The zero-order valence-electron chi connectivity index (χ0n) is 10.7. The number of aromatic nitrogens is 1. The summed E-state index contributed by atoms with van der Waals surface area (Å²) >= 11 is 3.56. The van der Waals surface area contributed by atoms with Crippen LogP contribution in [0.4, 0.5) is 0 Å². The van der Waals surface area contributed by atoms with Gasteiger partial charge in [0.1, 0.15) is 0 Å². The van der Waals surface area contributed by atoms with Crippen LogP contribution in [0.2, 0.25) is 0 Å². The van der Waals surface area contributed by atoms with Crippen LogP contribution in [0.5, 0.6) is 0 Å². The number of aryl methyl sites for hydroxylation is 2. The number of hydrogen-bond acceptors (Lipinski definition) is 2. The highest BCUT2D eigenvalue weighted by atomic mass is 79.9. The molecule has 0 spiro atoms. The van der Waals surface area contributed by atoms with Gasteiger partial charge in [-0.05, 0) is 48.2 Å². The molecule has 0 fully saturated rings. The first-order valence-electron chi connectivity index (χ1n) is 6.02. The van der Waals surface area contributed by atoms with E-state index in [2.05, 4.69) is 64.3 Å². The maximum Gasteiger partial charge on any atom is 0.0300 e. The summed E-state index contributed by atoms with van der Waals surface area (Å²) in [6.07, 6.45) is 3.74. The van der Waals surface area contributed by atoms with Crippen LogP contribution in [0.15, 0.2) is 41.1 Å². The van der Waals surface area contributed by atoms with Crippen molar-refractivity contribution in [3.8, 4) is 0 Å². The second-order valence-electron chi connectivity index (χ2n) is 4.49. The number of rotatable bonds is 4. The Balaban J connectivity index is 1.92. The molecule has 1 aromatic heterocycles. The van der Waals surface area contributed by atoms with E-state index in [0.717, 1.165) is 13.1 Å². The Hall–Kier alpha value is -1.19. The smallest absolute Gasteiger partial charge is 0.0300 e. The Morgan fingerprint density at radius 2 is 1.94 bits per heavy atom. The normalized spacial score (nSPS) is 10.6.